The molecule has 6 nitrogen and oxygen atoms in total. The number of hydrogen-bond donors (Lipinski definition) is 2. The Hall–Kier alpha value is -2.86. The summed E-state index contributed by atoms with van der Waals surface area (Å²) in [5.41, 5.74) is 0.397. The molecule has 1 aliphatic heterocycles. The smallest absolute Gasteiger partial charge is 0.325 e. The molecule has 4 amide bonds. The molecule has 2 aromatic carbocycles. The average Bonchev–Trinajstić information content (AvgIpc) is 2.93. The normalized spacial score (nSPS) is 20.0. The Morgan fingerprint density at radius 2 is 1.89 bits per heavy atom. The number of halogens is 1. The Balaban J connectivity index is 1.73. The molecule has 0 aliphatic carbocycles. The van der Waals surface area contributed by atoms with Crippen molar-refractivity contribution >= 4 is 29.4 Å². The molecule has 0 radical (unpaired) electrons. The van der Waals surface area contributed by atoms with Gasteiger partial charge in [-0.15, -0.1) is 0 Å². The highest BCUT2D eigenvalue weighted by Gasteiger charge is 2.51. The van der Waals surface area contributed by atoms with Gasteiger partial charge in [-0.2, -0.15) is 0 Å². The topological polar surface area (TPSA) is 78.5 Å². The molecule has 7 heteroatoms. The summed E-state index contributed by atoms with van der Waals surface area (Å²) in [5.74, 6) is -0.840. The van der Waals surface area contributed by atoms with Crippen molar-refractivity contribution in [3.8, 4) is 0 Å². The summed E-state index contributed by atoms with van der Waals surface area (Å²) in [6.45, 7) is 3.30. The third-order valence-corrected chi connectivity index (χ3v) is 5.24. The molecule has 0 saturated carbocycles. The number of urea groups is 1. The molecule has 1 saturated heterocycles. The van der Waals surface area contributed by atoms with E-state index in [2.05, 4.69) is 10.6 Å². The second kappa shape index (κ2) is 8.02. The lowest BCUT2D eigenvalue weighted by Gasteiger charge is -2.25. The van der Waals surface area contributed by atoms with Gasteiger partial charge < -0.3 is 10.6 Å². The first-order chi connectivity index (χ1) is 13.4. The monoisotopic (exact) mass is 399 g/mol. The van der Waals surface area contributed by atoms with Crippen LogP contribution in [-0.2, 0) is 15.1 Å². The molecule has 2 N–H and O–H groups in total. The van der Waals surface area contributed by atoms with Gasteiger partial charge in [0.15, 0.2) is 0 Å². The Kier molecular flexibility index (Phi) is 5.70. The van der Waals surface area contributed by atoms with Crippen molar-refractivity contribution in [3.63, 3.8) is 0 Å². The first-order valence-electron chi connectivity index (χ1n) is 9.12. The Labute approximate surface area is 168 Å². The minimum Gasteiger partial charge on any atom is -0.348 e. The fourth-order valence-corrected chi connectivity index (χ4v) is 3.62. The summed E-state index contributed by atoms with van der Waals surface area (Å²) >= 11 is 5.99. The van der Waals surface area contributed by atoms with Crippen LogP contribution in [0, 0.1) is 0 Å². The van der Waals surface area contributed by atoms with Crippen LogP contribution >= 0.6 is 11.6 Å². The van der Waals surface area contributed by atoms with Gasteiger partial charge in [0.25, 0.3) is 5.91 Å². The molecular formula is C21H22ClN3O3. The number of benzene rings is 2. The van der Waals surface area contributed by atoms with Gasteiger partial charge in [0.05, 0.1) is 6.04 Å². The minimum atomic E-state index is -1.14. The Morgan fingerprint density at radius 3 is 2.54 bits per heavy atom. The van der Waals surface area contributed by atoms with E-state index in [1.807, 2.05) is 38.1 Å². The molecule has 146 valence electrons. The van der Waals surface area contributed by atoms with Crippen LogP contribution in [0.15, 0.2) is 54.6 Å². The van der Waals surface area contributed by atoms with Crippen molar-refractivity contribution < 1.29 is 14.4 Å². The van der Waals surface area contributed by atoms with Crippen LogP contribution in [0.2, 0.25) is 5.02 Å². The van der Waals surface area contributed by atoms with Gasteiger partial charge in [-0.1, -0.05) is 61.0 Å². The first kappa shape index (κ1) is 19.9. The Morgan fingerprint density at radius 1 is 1.18 bits per heavy atom. The molecule has 3 rings (SSSR count). The minimum absolute atomic E-state index is 0.308. The summed E-state index contributed by atoms with van der Waals surface area (Å²) in [4.78, 5) is 39.0. The fourth-order valence-electron chi connectivity index (χ4n) is 3.42. The van der Waals surface area contributed by atoms with Crippen LogP contribution in [0.4, 0.5) is 4.79 Å². The van der Waals surface area contributed by atoms with E-state index >= 15 is 0 Å². The number of rotatable bonds is 6. The number of nitrogens with zero attached hydrogens (tertiary/aromatic N) is 1. The quantitative estimate of drug-likeness (QED) is 0.731. The first-order valence-corrected chi connectivity index (χ1v) is 9.49. The van der Waals surface area contributed by atoms with Crippen molar-refractivity contribution in [2.45, 2.75) is 31.8 Å². The summed E-state index contributed by atoms with van der Waals surface area (Å²) in [5, 5.41) is 6.15. The molecule has 0 bridgehead atoms. The maximum Gasteiger partial charge on any atom is 0.325 e. The predicted molar refractivity (Wildman–Crippen MR) is 107 cm³/mol. The SMILES string of the molecule is CCC1(c2ccccc2)NC(=O)N(CC(=O)NC(C)c2cccc(Cl)c2)C1=O. The standard InChI is InChI=1S/C21H22ClN3O3/c1-3-21(16-9-5-4-6-10-16)19(27)25(20(28)24-21)13-18(26)23-14(2)15-8-7-11-17(22)12-15/h4-12,14H,3,13H2,1-2H3,(H,23,26)(H,24,28). The van der Waals surface area contributed by atoms with Crippen molar-refractivity contribution in [3.05, 3.63) is 70.7 Å². The lowest BCUT2D eigenvalue weighted by Crippen LogP contribution is -2.45. The third kappa shape index (κ3) is 3.73. The number of nitrogens with one attached hydrogen (secondary N) is 2. The molecule has 1 aliphatic rings. The van der Waals surface area contributed by atoms with E-state index in [1.54, 1.807) is 30.3 Å². The van der Waals surface area contributed by atoms with E-state index in [4.69, 9.17) is 11.6 Å². The largest absolute Gasteiger partial charge is 0.348 e. The van der Waals surface area contributed by atoms with Crippen LogP contribution in [0.5, 0.6) is 0 Å². The second-order valence-electron chi connectivity index (χ2n) is 6.79. The van der Waals surface area contributed by atoms with E-state index in [0.29, 0.717) is 17.0 Å². The maximum atomic E-state index is 13.1. The molecule has 0 spiro atoms. The predicted octanol–water partition coefficient (Wildman–Crippen LogP) is 3.37. The van der Waals surface area contributed by atoms with E-state index in [0.717, 1.165) is 10.5 Å². The van der Waals surface area contributed by atoms with Gasteiger partial charge in [0.1, 0.15) is 12.1 Å². The van der Waals surface area contributed by atoms with Gasteiger partial charge in [0, 0.05) is 5.02 Å². The number of imide groups is 1. The summed E-state index contributed by atoms with van der Waals surface area (Å²) in [6.07, 6.45) is 0.388. The van der Waals surface area contributed by atoms with Crippen LogP contribution in [0.1, 0.15) is 37.4 Å². The van der Waals surface area contributed by atoms with Gasteiger partial charge in [-0.25, -0.2) is 4.79 Å². The number of carbonyl (C=O) groups excluding carboxylic acids is 3. The molecule has 2 atom stereocenters. The van der Waals surface area contributed by atoms with Crippen molar-refractivity contribution in [2.24, 2.45) is 0 Å². The van der Waals surface area contributed by atoms with Crippen LogP contribution in [-0.4, -0.2) is 29.3 Å². The molecule has 0 aromatic heterocycles. The van der Waals surface area contributed by atoms with E-state index in [9.17, 15) is 14.4 Å². The fraction of sp³-hybridized carbons (Fsp3) is 0.286. The lowest BCUT2D eigenvalue weighted by atomic mass is 9.87. The number of hydrogen-bond acceptors (Lipinski definition) is 3. The summed E-state index contributed by atoms with van der Waals surface area (Å²) < 4.78 is 0. The zero-order valence-corrected chi connectivity index (χ0v) is 16.5. The highest BCUT2D eigenvalue weighted by atomic mass is 35.5. The van der Waals surface area contributed by atoms with E-state index < -0.39 is 23.4 Å². The molecule has 1 heterocycles. The van der Waals surface area contributed by atoms with E-state index in [1.165, 1.54) is 0 Å². The van der Waals surface area contributed by atoms with Gasteiger partial charge in [-0.05, 0) is 36.6 Å². The number of carbonyl (C=O) groups is 3. The van der Waals surface area contributed by atoms with E-state index in [-0.39, 0.29) is 12.6 Å². The molecule has 2 aromatic rings. The zero-order valence-electron chi connectivity index (χ0n) is 15.7. The Bertz CT molecular complexity index is 903. The van der Waals surface area contributed by atoms with Gasteiger partial charge >= 0.3 is 6.03 Å². The third-order valence-electron chi connectivity index (χ3n) is 5.00. The van der Waals surface area contributed by atoms with Crippen molar-refractivity contribution in [1.29, 1.82) is 0 Å². The highest BCUT2D eigenvalue weighted by Crippen LogP contribution is 2.32. The molecule has 2 unspecified atom stereocenters. The second-order valence-corrected chi connectivity index (χ2v) is 7.23. The van der Waals surface area contributed by atoms with Crippen LogP contribution < -0.4 is 10.6 Å². The average molecular weight is 400 g/mol. The van der Waals surface area contributed by atoms with Gasteiger partial charge in [0.2, 0.25) is 5.91 Å². The summed E-state index contributed by atoms with van der Waals surface area (Å²) in [6, 6.07) is 15.4. The molecule has 28 heavy (non-hydrogen) atoms. The molecular weight excluding hydrogens is 378 g/mol. The van der Waals surface area contributed by atoms with Gasteiger partial charge in [-0.3, -0.25) is 14.5 Å². The lowest BCUT2D eigenvalue weighted by molar-refractivity contribution is -0.135. The number of amides is 4. The summed E-state index contributed by atoms with van der Waals surface area (Å²) in [7, 11) is 0. The zero-order chi connectivity index (χ0) is 20.3. The maximum absolute atomic E-state index is 13.1. The molecule has 1 fully saturated rings. The van der Waals surface area contributed by atoms with Crippen molar-refractivity contribution in [2.75, 3.05) is 6.54 Å². The van der Waals surface area contributed by atoms with Crippen LogP contribution in [0.3, 0.4) is 0 Å². The van der Waals surface area contributed by atoms with Crippen LogP contribution in [0.25, 0.3) is 0 Å². The van der Waals surface area contributed by atoms with Crippen molar-refractivity contribution in [1.82, 2.24) is 15.5 Å². The highest BCUT2D eigenvalue weighted by molar-refractivity contribution is 6.30.